The Morgan fingerprint density at radius 3 is 2.26 bits per heavy atom. The van der Waals surface area contributed by atoms with E-state index >= 15 is 0 Å². The molecule has 5 heteroatoms. The lowest BCUT2D eigenvalue weighted by Gasteiger charge is -2.11. The van der Waals surface area contributed by atoms with Crippen molar-refractivity contribution in [2.75, 3.05) is 10.6 Å². The Labute approximate surface area is 159 Å². The molecule has 0 fully saturated rings. The molecule has 0 aliphatic heterocycles. The molecule has 2 N–H and O–H groups in total. The van der Waals surface area contributed by atoms with Crippen LogP contribution in [0, 0.1) is 13.8 Å². The maximum atomic E-state index is 12.4. The Morgan fingerprint density at radius 1 is 0.963 bits per heavy atom. The number of carbonyl (C=O) groups excluding carboxylic acids is 1. The van der Waals surface area contributed by atoms with Crippen molar-refractivity contribution in [1.82, 2.24) is 9.97 Å². The molecule has 1 amide bonds. The van der Waals surface area contributed by atoms with Crippen molar-refractivity contribution in [1.29, 1.82) is 0 Å². The maximum Gasteiger partial charge on any atom is 0.258 e. The van der Waals surface area contributed by atoms with E-state index in [0.29, 0.717) is 17.4 Å². The molecule has 3 rings (SSSR count). The minimum atomic E-state index is -0.231. The molecular weight excluding hydrogens is 336 g/mol. The fourth-order valence-corrected chi connectivity index (χ4v) is 2.67. The van der Waals surface area contributed by atoms with E-state index in [1.54, 1.807) is 0 Å². The van der Waals surface area contributed by atoms with Gasteiger partial charge >= 0.3 is 0 Å². The first kappa shape index (κ1) is 18.6. The molecule has 0 spiro atoms. The van der Waals surface area contributed by atoms with E-state index in [1.807, 2.05) is 43.3 Å². The number of aryl methyl sites for hydroxylation is 1. The monoisotopic (exact) mass is 360 g/mol. The van der Waals surface area contributed by atoms with Crippen molar-refractivity contribution >= 4 is 23.2 Å². The third-order valence-electron chi connectivity index (χ3n) is 4.60. The molecule has 0 unspecified atom stereocenters. The Hall–Kier alpha value is -3.21. The van der Waals surface area contributed by atoms with E-state index in [4.69, 9.17) is 0 Å². The molecule has 0 atom stereocenters. The van der Waals surface area contributed by atoms with Crippen LogP contribution in [0.3, 0.4) is 0 Å². The highest BCUT2D eigenvalue weighted by molar-refractivity contribution is 6.03. The van der Waals surface area contributed by atoms with Gasteiger partial charge in [0.25, 0.3) is 5.91 Å². The predicted octanol–water partition coefficient (Wildman–Crippen LogP) is 5.21. The summed E-state index contributed by atoms with van der Waals surface area (Å²) < 4.78 is 0. The minimum absolute atomic E-state index is 0.231. The van der Waals surface area contributed by atoms with Crippen LogP contribution in [0.1, 0.15) is 46.8 Å². The number of nitrogens with zero attached hydrogens (tertiary/aromatic N) is 2. The van der Waals surface area contributed by atoms with Gasteiger partial charge in [-0.3, -0.25) is 4.79 Å². The molecule has 1 aromatic heterocycles. The van der Waals surface area contributed by atoms with Gasteiger partial charge in [0.1, 0.15) is 0 Å². The van der Waals surface area contributed by atoms with Gasteiger partial charge in [-0.15, -0.1) is 0 Å². The first-order valence-corrected chi connectivity index (χ1v) is 9.00. The topological polar surface area (TPSA) is 66.9 Å². The van der Waals surface area contributed by atoms with Gasteiger partial charge in [-0.2, -0.15) is 0 Å². The lowest BCUT2D eigenvalue weighted by Crippen LogP contribution is -2.13. The van der Waals surface area contributed by atoms with E-state index in [9.17, 15) is 4.79 Å². The zero-order chi connectivity index (χ0) is 19.4. The first-order valence-electron chi connectivity index (χ1n) is 9.00. The number of hydrogen-bond donors (Lipinski definition) is 2. The Kier molecular flexibility index (Phi) is 5.50. The van der Waals surface area contributed by atoms with Gasteiger partial charge < -0.3 is 10.6 Å². The number of carbonyl (C=O) groups is 1. The number of anilines is 3. The van der Waals surface area contributed by atoms with Gasteiger partial charge in [0.05, 0.1) is 5.56 Å². The van der Waals surface area contributed by atoms with Crippen LogP contribution in [0.25, 0.3) is 0 Å². The SMILES string of the molecule is Cc1cccc(Nc2ncc(C(=O)Nc3ccc(C(C)C)cc3)cn2)c1C. The molecule has 138 valence electrons. The van der Waals surface area contributed by atoms with Gasteiger partial charge in [-0.05, 0) is 54.7 Å². The minimum Gasteiger partial charge on any atom is -0.324 e. The second-order valence-corrected chi connectivity index (χ2v) is 6.90. The molecule has 0 bridgehead atoms. The fraction of sp³-hybridized carbons (Fsp3) is 0.227. The van der Waals surface area contributed by atoms with Crippen molar-refractivity contribution in [2.45, 2.75) is 33.6 Å². The highest BCUT2D eigenvalue weighted by Crippen LogP contribution is 2.21. The summed E-state index contributed by atoms with van der Waals surface area (Å²) in [5, 5.41) is 6.06. The smallest absolute Gasteiger partial charge is 0.258 e. The van der Waals surface area contributed by atoms with E-state index in [1.165, 1.54) is 23.5 Å². The van der Waals surface area contributed by atoms with Gasteiger partial charge in [0.2, 0.25) is 5.95 Å². The summed E-state index contributed by atoms with van der Waals surface area (Å²) in [6.07, 6.45) is 3.05. The predicted molar refractivity (Wildman–Crippen MR) is 110 cm³/mol. The highest BCUT2D eigenvalue weighted by atomic mass is 16.1. The number of nitrogens with one attached hydrogen (secondary N) is 2. The summed E-state index contributed by atoms with van der Waals surface area (Å²) in [7, 11) is 0. The summed E-state index contributed by atoms with van der Waals surface area (Å²) >= 11 is 0. The van der Waals surface area contributed by atoms with Gasteiger partial charge in [0, 0.05) is 23.8 Å². The molecule has 0 aliphatic rings. The molecule has 0 saturated carbocycles. The van der Waals surface area contributed by atoms with E-state index in [2.05, 4.69) is 47.4 Å². The van der Waals surface area contributed by atoms with E-state index in [0.717, 1.165) is 16.9 Å². The average Bonchev–Trinajstić information content (AvgIpc) is 2.66. The standard InChI is InChI=1S/C22H24N4O/c1-14(2)17-8-10-19(11-9-17)25-21(27)18-12-23-22(24-13-18)26-20-7-5-6-15(3)16(20)4/h5-14H,1-4H3,(H,25,27)(H,23,24,26). The normalized spacial score (nSPS) is 10.7. The second-order valence-electron chi connectivity index (χ2n) is 6.90. The summed E-state index contributed by atoms with van der Waals surface area (Å²) in [6, 6.07) is 13.9. The van der Waals surface area contributed by atoms with Crippen LogP contribution in [0.2, 0.25) is 0 Å². The van der Waals surface area contributed by atoms with Crippen LogP contribution in [0.5, 0.6) is 0 Å². The number of hydrogen-bond acceptors (Lipinski definition) is 4. The summed E-state index contributed by atoms with van der Waals surface area (Å²) in [4.78, 5) is 20.9. The Bertz CT molecular complexity index is 932. The molecule has 3 aromatic rings. The van der Waals surface area contributed by atoms with Gasteiger partial charge in [-0.25, -0.2) is 9.97 Å². The van der Waals surface area contributed by atoms with Crippen LogP contribution < -0.4 is 10.6 Å². The second kappa shape index (κ2) is 7.99. The number of amides is 1. The maximum absolute atomic E-state index is 12.4. The van der Waals surface area contributed by atoms with Gasteiger partial charge in [-0.1, -0.05) is 38.1 Å². The number of benzene rings is 2. The molecule has 27 heavy (non-hydrogen) atoms. The lowest BCUT2D eigenvalue weighted by atomic mass is 10.0. The van der Waals surface area contributed by atoms with Crippen molar-refractivity contribution in [2.24, 2.45) is 0 Å². The molecule has 0 aliphatic carbocycles. The molecule has 0 radical (unpaired) electrons. The molecule has 5 nitrogen and oxygen atoms in total. The average molecular weight is 360 g/mol. The molecule has 1 heterocycles. The van der Waals surface area contributed by atoms with Crippen LogP contribution in [-0.4, -0.2) is 15.9 Å². The van der Waals surface area contributed by atoms with Crippen LogP contribution in [0.15, 0.2) is 54.9 Å². The van der Waals surface area contributed by atoms with Crippen molar-refractivity contribution in [3.05, 3.63) is 77.1 Å². The van der Waals surface area contributed by atoms with E-state index in [-0.39, 0.29) is 5.91 Å². The van der Waals surface area contributed by atoms with Crippen LogP contribution in [-0.2, 0) is 0 Å². The summed E-state index contributed by atoms with van der Waals surface area (Å²) in [6.45, 7) is 8.38. The number of aromatic nitrogens is 2. The summed E-state index contributed by atoms with van der Waals surface area (Å²) in [5.41, 5.74) is 5.69. The van der Waals surface area contributed by atoms with Crippen LogP contribution >= 0.6 is 0 Å². The largest absolute Gasteiger partial charge is 0.324 e. The summed E-state index contributed by atoms with van der Waals surface area (Å²) in [5.74, 6) is 0.687. The van der Waals surface area contributed by atoms with Crippen LogP contribution in [0.4, 0.5) is 17.3 Å². The van der Waals surface area contributed by atoms with Crippen molar-refractivity contribution in [3.8, 4) is 0 Å². The fourth-order valence-electron chi connectivity index (χ4n) is 2.67. The van der Waals surface area contributed by atoms with E-state index < -0.39 is 0 Å². The lowest BCUT2D eigenvalue weighted by molar-refractivity contribution is 0.102. The quantitative estimate of drug-likeness (QED) is 0.655. The zero-order valence-electron chi connectivity index (χ0n) is 16.1. The Balaban J connectivity index is 1.67. The Morgan fingerprint density at radius 2 is 1.63 bits per heavy atom. The van der Waals surface area contributed by atoms with Crippen molar-refractivity contribution in [3.63, 3.8) is 0 Å². The molecular formula is C22H24N4O. The molecule has 0 saturated heterocycles. The molecule has 2 aromatic carbocycles. The number of rotatable bonds is 5. The zero-order valence-corrected chi connectivity index (χ0v) is 16.1. The highest BCUT2D eigenvalue weighted by Gasteiger charge is 2.09. The first-order chi connectivity index (χ1) is 12.9. The van der Waals surface area contributed by atoms with Gasteiger partial charge in [0.15, 0.2) is 0 Å². The third kappa shape index (κ3) is 4.50. The third-order valence-corrected chi connectivity index (χ3v) is 4.60. The van der Waals surface area contributed by atoms with Crippen molar-refractivity contribution < 1.29 is 4.79 Å².